The van der Waals surface area contributed by atoms with E-state index in [-0.39, 0.29) is 0 Å². The summed E-state index contributed by atoms with van der Waals surface area (Å²) in [7, 11) is 0. The van der Waals surface area contributed by atoms with Gasteiger partial charge in [-0.1, -0.05) is 35.0 Å². The highest BCUT2D eigenvalue weighted by Gasteiger charge is 2.18. The Kier molecular flexibility index (Phi) is 5.70. The van der Waals surface area contributed by atoms with E-state index in [1.54, 1.807) is 6.07 Å². The van der Waals surface area contributed by atoms with Gasteiger partial charge < -0.3 is 15.0 Å². The van der Waals surface area contributed by atoms with Crippen LogP contribution in [0, 0.1) is 0 Å². The number of fused-ring (bicyclic) bond motifs is 1. The molecule has 2 N–H and O–H groups in total. The molecule has 0 atom stereocenters. The van der Waals surface area contributed by atoms with Crippen molar-refractivity contribution in [2.24, 2.45) is 0 Å². The highest BCUT2D eigenvalue weighted by molar-refractivity contribution is 7.99. The maximum absolute atomic E-state index is 6.34. The van der Waals surface area contributed by atoms with Crippen molar-refractivity contribution in [1.82, 2.24) is 24.4 Å². The molecule has 3 aromatic rings. The monoisotopic (exact) mass is 424 g/mol. The summed E-state index contributed by atoms with van der Waals surface area (Å²) < 4.78 is 7.49. The molecule has 0 radical (unpaired) electrons. The number of nitrogens with zero attached hydrogens (tertiary/aromatic N) is 5. The summed E-state index contributed by atoms with van der Waals surface area (Å²) in [6.45, 7) is 5.00. The van der Waals surface area contributed by atoms with E-state index in [1.807, 2.05) is 12.1 Å². The zero-order valence-electron chi connectivity index (χ0n) is 14.4. The summed E-state index contributed by atoms with van der Waals surface area (Å²) >= 11 is 13.8. The Bertz CT molecular complexity index is 960. The zero-order valence-corrected chi connectivity index (χ0v) is 16.8. The maximum Gasteiger partial charge on any atom is 0.175 e. The van der Waals surface area contributed by atoms with Gasteiger partial charge in [0.15, 0.2) is 22.1 Å². The topological polar surface area (TPSA) is 82.1 Å². The molecular weight excluding hydrogens is 407 g/mol. The third-order valence-electron chi connectivity index (χ3n) is 4.36. The molecule has 7 nitrogen and oxygen atoms in total. The van der Waals surface area contributed by atoms with Crippen LogP contribution in [-0.2, 0) is 11.3 Å². The van der Waals surface area contributed by atoms with Crippen molar-refractivity contribution in [3.63, 3.8) is 0 Å². The lowest BCUT2D eigenvalue weighted by molar-refractivity contribution is 0.0362. The van der Waals surface area contributed by atoms with Gasteiger partial charge in [0.2, 0.25) is 0 Å². The Labute approximate surface area is 170 Å². The Morgan fingerprint density at radius 2 is 1.96 bits per heavy atom. The fourth-order valence-corrected chi connectivity index (χ4v) is 4.37. The predicted molar refractivity (Wildman–Crippen MR) is 108 cm³/mol. The Balaban J connectivity index is 1.66. The second-order valence-corrected chi connectivity index (χ2v) is 7.96. The maximum atomic E-state index is 6.34. The third-order valence-corrected chi connectivity index (χ3v) is 6.09. The number of rotatable bonds is 5. The third kappa shape index (κ3) is 4.14. The molecule has 0 spiro atoms. The minimum atomic E-state index is 0.370. The molecule has 1 aromatic carbocycles. The number of hydrogen-bond donors (Lipinski definition) is 1. The van der Waals surface area contributed by atoms with Gasteiger partial charge in [-0.2, -0.15) is 0 Å². The van der Waals surface area contributed by atoms with Gasteiger partial charge in [0.1, 0.15) is 6.33 Å². The minimum Gasteiger partial charge on any atom is -0.382 e. The minimum absolute atomic E-state index is 0.370. The SMILES string of the molecule is Nc1ncnc2c1nc(Sc1ccc(Cl)cc1Cl)n2CCN1CCOCC1. The number of ether oxygens (including phenoxy) is 1. The van der Waals surface area contributed by atoms with Gasteiger partial charge in [-0.05, 0) is 18.2 Å². The van der Waals surface area contributed by atoms with Gasteiger partial charge in [0.05, 0.1) is 18.2 Å². The lowest BCUT2D eigenvalue weighted by atomic mass is 10.4. The van der Waals surface area contributed by atoms with Gasteiger partial charge in [0, 0.05) is 36.1 Å². The van der Waals surface area contributed by atoms with E-state index >= 15 is 0 Å². The molecule has 4 rings (SSSR count). The largest absolute Gasteiger partial charge is 0.382 e. The summed E-state index contributed by atoms with van der Waals surface area (Å²) in [4.78, 5) is 16.4. The first-order valence-electron chi connectivity index (χ1n) is 8.51. The number of morpholine rings is 1. The molecule has 0 aliphatic carbocycles. The molecule has 1 saturated heterocycles. The quantitative estimate of drug-likeness (QED) is 0.672. The molecule has 0 bridgehead atoms. The van der Waals surface area contributed by atoms with Crippen molar-refractivity contribution in [3.8, 4) is 0 Å². The van der Waals surface area contributed by atoms with Gasteiger partial charge >= 0.3 is 0 Å². The number of anilines is 1. The Hall–Kier alpha value is -1.58. The number of nitrogen functional groups attached to an aromatic ring is 1. The van der Waals surface area contributed by atoms with Crippen molar-refractivity contribution in [2.75, 3.05) is 38.6 Å². The Morgan fingerprint density at radius 3 is 2.74 bits per heavy atom. The normalized spacial score (nSPS) is 15.5. The number of hydrogen-bond acceptors (Lipinski definition) is 7. The van der Waals surface area contributed by atoms with Crippen molar-refractivity contribution < 1.29 is 4.74 Å². The van der Waals surface area contributed by atoms with Crippen LogP contribution in [0.15, 0.2) is 34.6 Å². The molecule has 10 heteroatoms. The summed E-state index contributed by atoms with van der Waals surface area (Å²) in [5, 5.41) is 1.95. The molecule has 0 unspecified atom stereocenters. The van der Waals surface area contributed by atoms with Crippen molar-refractivity contribution in [1.29, 1.82) is 0 Å². The Morgan fingerprint density at radius 1 is 1.15 bits per heavy atom. The predicted octanol–water partition coefficient (Wildman–Crippen LogP) is 3.20. The molecule has 1 fully saturated rings. The number of imidazole rings is 1. The van der Waals surface area contributed by atoms with E-state index in [1.165, 1.54) is 18.1 Å². The number of halogens is 2. The molecule has 0 amide bonds. The van der Waals surface area contributed by atoms with Gasteiger partial charge in [0.25, 0.3) is 0 Å². The van der Waals surface area contributed by atoms with Crippen molar-refractivity contribution in [3.05, 3.63) is 34.6 Å². The van der Waals surface area contributed by atoms with E-state index < -0.39 is 0 Å². The van der Waals surface area contributed by atoms with Gasteiger partial charge in [-0.3, -0.25) is 4.90 Å². The molecular formula is C17H18Cl2N6OS. The molecule has 1 aliphatic rings. The molecule has 142 valence electrons. The summed E-state index contributed by atoms with van der Waals surface area (Å²) in [5.41, 5.74) is 7.34. The van der Waals surface area contributed by atoms with Crippen LogP contribution in [0.2, 0.25) is 10.0 Å². The lowest BCUT2D eigenvalue weighted by Gasteiger charge is -2.26. The summed E-state index contributed by atoms with van der Waals surface area (Å²) in [5.74, 6) is 0.370. The first-order valence-corrected chi connectivity index (χ1v) is 10.1. The van der Waals surface area contributed by atoms with E-state index in [2.05, 4.69) is 24.4 Å². The number of aromatic nitrogens is 4. The number of benzene rings is 1. The van der Waals surface area contributed by atoms with Gasteiger partial charge in [-0.15, -0.1) is 0 Å². The average Bonchev–Trinajstić information content (AvgIpc) is 3.02. The van der Waals surface area contributed by atoms with E-state index in [0.29, 0.717) is 21.4 Å². The number of nitrogens with two attached hydrogens (primary N) is 1. The van der Waals surface area contributed by atoms with Crippen LogP contribution in [0.3, 0.4) is 0 Å². The van der Waals surface area contributed by atoms with E-state index in [4.69, 9.17) is 33.7 Å². The van der Waals surface area contributed by atoms with Crippen LogP contribution in [0.1, 0.15) is 0 Å². The van der Waals surface area contributed by atoms with Crippen LogP contribution in [-0.4, -0.2) is 57.3 Å². The second kappa shape index (κ2) is 8.20. The zero-order chi connectivity index (χ0) is 18.8. The van der Waals surface area contributed by atoms with Crippen molar-refractivity contribution in [2.45, 2.75) is 16.6 Å². The molecule has 2 aromatic heterocycles. The van der Waals surface area contributed by atoms with E-state index in [9.17, 15) is 0 Å². The van der Waals surface area contributed by atoms with Crippen LogP contribution in [0.4, 0.5) is 5.82 Å². The van der Waals surface area contributed by atoms with Crippen LogP contribution < -0.4 is 5.73 Å². The molecule has 3 heterocycles. The van der Waals surface area contributed by atoms with Crippen LogP contribution in [0.5, 0.6) is 0 Å². The summed E-state index contributed by atoms with van der Waals surface area (Å²) in [6.07, 6.45) is 1.47. The fraction of sp³-hybridized carbons (Fsp3) is 0.353. The smallest absolute Gasteiger partial charge is 0.175 e. The first-order chi connectivity index (χ1) is 13.1. The molecule has 1 aliphatic heterocycles. The van der Waals surface area contributed by atoms with Crippen LogP contribution in [0.25, 0.3) is 11.2 Å². The molecule has 27 heavy (non-hydrogen) atoms. The van der Waals surface area contributed by atoms with E-state index in [0.717, 1.165) is 55.1 Å². The fourth-order valence-electron chi connectivity index (χ4n) is 2.94. The first kappa shape index (κ1) is 18.8. The lowest BCUT2D eigenvalue weighted by Crippen LogP contribution is -2.38. The van der Waals surface area contributed by atoms with Crippen LogP contribution >= 0.6 is 35.0 Å². The van der Waals surface area contributed by atoms with Gasteiger partial charge in [-0.25, -0.2) is 15.0 Å². The average molecular weight is 425 g/mol. The highest BCUT2D eigenvalue weighted by Crippen LogP contribution is 2.36. The van der Waals surface area contributed by atoms with Crippen molar-refractivity contribution >= 4 is 51.9 Å². The summed E-state index contributed by atoms with van der Waals surface area (Å²) in [6, 6.07) is 5.42. The standard InChI is InChI=1S/C17H18Cl2N6OS/c18-11-1-2-13(12(19)9-11)27-17-23-14-15(20)21-10-22-16(14)25(17)4-3-24-5-7-26-8-6-24/h1-2,9-10H,3-8H2,(H2,20,21,22). The highest BCUT2D eigenvalue weighted by atomic mass is 35.5. The molecule has 0 saturated carbocycles. The second-order valence-electron chi connectivity index (χ2n) is 6.11.